The standard InChI is InChI=1S/C13H14N2O3/c1-2-11-7-14-12(18-11)8-15-13(17)9-4-3-5-10(16)6-9/h3-7,16H,2,8H2,1H3,(H,15,17). The largest absolute Gasteiger partial charge is 0.508 e. The molecular formula is C13H14N2O3. The van der Waals surface area contributed by atoms with Gasteiger partial charge in [-0.25, -0.2) is 4.98 Å². The normalized spacial score (nSPS) is 10.3. The van der Waals surface area contributed by atoms with E-state index in [1.165, 1.54) is 12.1 Å². The molecule has 2 aromatic rings. The molecule has 1 aromatic heterocycles. The summed E-state index contributed by atoms with van der Waals surface area (Å²) in [6.07, 6.45) is 2.42. The number of rotatable bonds is 4. The molecule has 0 aliphatic heterocycles. The highest BCUT2D eigenvalue weighted by Gasteiger charge is 2.08. The van der Waals surface area contributed by atoms with E-state index >= 15 is 0 Å². The number of aromatic nitrogens is 1. The molecule has 18 heavy (non-hydrogen) atoms. The lowest BCUT2D eigenvalue weighted by molar-refractivity contribution is 0.0946. The number of amides is 1. The van der Waals surface area contributed by atoms with Crippen LogP contribution in [0.5, 0.6) is 5.75 Å². The zero-order chi connectivity index (χ0) is 13.0. The monoisotopic (exact) mass is 246 g/mol. The first-order chi connectivity index (χ1) is 8.69. The van der Waals surface area contributed by atoms with E-state index in [4.69, 9.17) is 4.42 Å². The summed E-state index contributed by atoms with van der Waals surface area (Å²) in [6.45, 7) is 2.20. The fourth-order valence-corrected chi connectivity index (χ4v) is 1.50. The molecule has 5 heteroatoms. The van der Waals surface area contributed by atoms with E-state index in [2.05, 4.69) is 10.3 Å². The molecule has 1 amide bonds. The molecule has 2 N–H and O–H groups in total. The van der Waals surface area contributed by atoms with E-state index in [9.17, 15) is 9.90 Å². The van der Waals surface area contributed by atoms with Gasteiger partial charge in [0.1, 0.15) is 11.5 Å². The van der Waals surface area contributed by atoms with Crippen molar-refractivity contribution < 1.29 is 14.3 Å². The van der Waals surface area contributed by atoms with Crippen molar-refractivity contribution in [2.75, 3.05) is 0 Å². The summed E-state index contributed by atoms with van der Waals surface area (Å²) in [4.78, 5) is 15.8. The van der Waals surface area contributed by atoms with Gasteiger partial charge in [0, 0.05) is 12.0 Å². The number of oxazole rings is 1. The van der Waals surface area contributed by atoms with Crippen LogP contribution in [0.15, 0.2) is 34.9 Å². The first-order valence-electron chi connectivity index (χ1n) is 5.70. The lowest BCUT2D eigenvalue weighted by atomic mass is 10.2. The molecule has 0 aliphatic carbocycles. The molecule has 0 aliphatic rings. The predicted molar refractivity (Wildman–Crippen MR) is 65.2 cm³/mol. The summed E-state index contributed by atoms with van der Waals surface area (Å²) in [6, 6.07) is 6.16. The van der Waals surface area contributed by atoms with Crippen LogP contribution in [0.1, 0.15) is 28.9 Å². The number of phenols is 1. The molecule has 0 saturated heterocycles. The van der Waals surface area contributed by atoms with Gasteiger partial charge in [-0.15, -0.1) is 0 Å². The summed E-state index contributed by atoms with van der Waals surface area (Å²) >= 11 is 0. The Balaban J connectivity index is 1.96. The van der Waals surface area contributed by atoms with E-state index < -0.39 is 0 Å². The van der Waals surface area contributed by atoms with Crippen molar-refractivity contribution in [3.05, 3.63) is 47.7 Å². The minimum absolute atomic E-state index is 0.0621. The van der Waals surface area contributed by atoms with Gasteiger partial charge < -0.3 is 14.8 Å². The van der Waals surface area contributed by atoms with Gasteiger partial charge in [0.25, 0.3) is 5.91 Å². The van der Waals surface area contributed by atoms with Gasteiger partial charge >= 0.3 is 0 Å². The van der Waals surface area contributed by atoms with Gasteiger partial charge in [0.05, 0.1) is 12.7 Å². The number of nitrogens with zero attached hydrogens (tertiary/aromatic N) is 1. The minimum Gasteiger partial charge on any atom is -0.508 e. The van der Waals surface area contributed by atoms with Crippen molar-refractivity contribution in [3.8, 4) is 5.75 Å². The Hall–Kier alpha value is -2.30. The van der Waals surface area contributed by atoms with E-state index in [0.717, 1.165) is 12.2 Å². The first kappa shape index (κ1) is 12.2. The maximum atomic E-state index is 11.8. The maximum Gasteiger partial charge on any atom is 0.251 e. The quantitative estimate of drug-likeness (QED) is 0.863. The Kier molecular flexibility index (Phi) is 3.62. The molecule has 94 valence electrons. The Labute approximate surface area is 104 Å². The van der Waals surface area contributed by atoms with E-state index in [0.29, 0.717) is 11.5 Å². The lowest BCUT2D eigenvalue weighted by Crippen LogP contribution is -2.22. The van der Waals surface area contributed by atoms with E-state index in [1.807, 2.05) is 6.92 Å². The van der Waals surface area contributed by atoms with Gasteiger partial charge in [0.2, 0.25) is 5.89 Å². The Morgan fingerprint density at radius 2 is 2.33 bits per heavy atom. The van der Waals surface area contributed by atoms with Crippen molar-refractivity contribution >= 4 is 5.91 Å². The third kappa shape index (κ3) is 2.88. The van der Waals surface area contributed by atoms with Gasteiger partial charge in [-0.2, -0.15) is 0 Å². The minimum atomic E-state index is -0.276. The molecule has 0 atom stereocenters. The highest BCUT2D eigenvalue weighted by Crippen LogP contribution is 2.11. The van der Waals surface area contributed by atoms with Crippen molar-refractivity contribution in [2.24, 2.45) is 0 Å². The molecular weight excluding hydrogens is 232 g/mol. The molecule has 2 rings (SSSR count). The van der Waals surface area contributed by atoms with Crippen LogP contribution in [0.2, 0.25) is 0 Å². The Bertz CT molecular complexity index is 549. The van der Waals surface area contributed by atoms with Crippen LogP contribution in [0.4, 0.5) is 0 Å². The highest BCUT2D eigenvalue weighted by molar-refractivity contribution is 5.94. The van der Waals surface area contributed by atoms with Crippen molar-refractivity contribution in [1.29, 1.82) is 0 Å². The first-order valence-corrected chi connectivity index (χ1v) is 5.70. The number of hydrogen-bond donors (Lipinski definition) is 2. The molecule has 1 aromatic carbocycles. The smallest absolute Gasteiger partial charge is 0.251 e. The zero-order valence-electron chi connectivity index (χ0n) is 10.0. The Morgan fingerprint density at radius 1 is 1.50 bits per heavy atom. The lowest BCUT2D eigenvalue weighted by Gasteiger charge is -2.03. The second-order valence-corrected chi connectivity index (χ2v) is 3.81. The SMILES string of the molecule is CCc1cnc(CNC(=O)c2cccc(O)c2)o1. The Morgan fingerprint density at radius 3 is 3.00 bits per heavy atom. The van der Waals surface area contributed by atoms with Crippen LogP contribution in [-0.2, 0) is 13.0 Å². The number of aryl methyl sites for hydroxylation is 1. The summed E-state index contributed by atoms with van der Waals surface area (Å²) in [5.74, 6) is 1.05. The van der Waals surface area contributed by atoms with E-state index in [1.54, 1.807) is 18.3 Å². The van der Waals surface area contributed by atoms with Crippen LogP contribution >= 0.6 is 0 Å². The molecule has 0 fully saturated rings. The number of carbonyl (C=O) groups is 1. The summed E-state index contributed by atoms with van der Waals surface area (Å²) in [5.41, 5.74) is 0.400. The summed E-state index contributed by atoms with van der Waals surface area (Å²) in [5, 5.41) is 11.9. The molecule has 1 heterocycles. The maximum absolute atomic E-state index is 11.8. The van der Waals surface area contributed by atoms with Gasteiger partial charge in [-0.05, 0) is 18.2 Å². The number of aromatic hydroxyl groups is 1. The van der Waals surface area contributed by atoms with Crippen LogP contribution in [0.3, 0.4) is 0 Å². The second-order valence-electron chi connectivity index (χ2n) is 3.81. The number of hydrogen-bond acceptors (Lipinski definition) is 4. The third-order valence-electron chi connectivity index (χ3n) is 2.46. The highest BCUT2D eigenvalue weighted by atomic mass is 16.4. The number of carbonyl (C=O) groups excluding carboxylic acids is 1. The van der Waals surface area contributed by atoms with Crippen molar-refractivity contribution in [2.45, 2.75) is 19.9 Å². The average molecular weight is 246 g/mol. The number of nitrogens with one attached hydrogen (secondary N) is 1. The molecule has 0 saturated carbocycles. The van der Waals surface area contributed by atoms with Crippen LogP contribution < -0.4 is 5.32 Å². The van der Waals surface area contributed by atoms with Gasteiger partial charge in [0.15, 0.2) is 0 Å². The molecule has 0 unspecified atom stereocenters. The van der Waals surface area contributed by atoms with Crippen LogP contribution in [-0.4, -0.2) is 16.0 Å². The zero-order valence-corrected chi connectivity index (χ0v) is 10.0. The van der Waals surface area contributed by atoms with Crippen LogP contribution in [0.25, 0.3) is 0 Å². The summed E-state index contributed by atoms with van der Waals surface area (Å²) in [7, 11) is 0. The predicted octanol–water partition coefficient (Wildman–Crippen LogP) is 1.87. The van der Waals surface area contributed by atoms with Gasteiger partial charge in [-0.1, -0.05) is 13.0 Å². The fourth-order valence-electron chi connectivity index (χ4n) is 1.50. The topological polar surface area (TPSA) is 75.4 Å². The van der Waals surface area contributed by atoms with Crippen LogP contribution in [0, 0.1) is 0 Å². The molecule has 5 nitrogen and oxygen atoms in total. The fraction of sp³-hybridized carbons (Fsp3) is 0.231. The summed E-state index contributed by atoms with van der Waals surface area (Å²) < 4.78 is 5.37. The second kappa shape index (κ2) is 5.35. The van der Waals surface area contributed by atoms with Crippen molar-refractivity contribution in [1.82, 2.24) is 10.3 Å². The number of benzene rings is 1. The molecule has 0 spiro atoms. The average Bonchev–Trinajstić information content (AvgIpc) is 2.84. The molecule has 0 bridgehead atoms. The van der Waals surface area contributed by atoms with E-state index in [-0.39, 0.29) is 18.2 Å². The third-order valence-corrected chi connectivity index (χ3v) is 2.46. The van der Waals surface area contributed by atoms with Gasteiger partial charge in [-0.3, -0.25) is 4.79 Å². The molecule has 0 radical (unpaired) electrons. The number of phenolic OH excluding ortho intramolecular Hbond substituents is 1. The van der Waals surface area contributed by atoms with Crippen molar-refractivity contribution in [3.63, 3.8) is 0 Å².